The van der Waals surface area contributed by atoms with Gasteiger partial charge in [0, 0.05) is 18.0 Å². The van der Waals surface area contributed by atoms with Crippen LogP contribution in [-0.4, -0.2) is 41.6 Å². The Kier molecular flexibility index (Phi) is 4.70. The van der Waals surface area contributed by atoms with Crippen molar-refractivity contribution < 1.29 is 9.59 Å². The van der Waals surface area contributed by atoms with Crippen LogP contribution in [0.4, 0.5) is 0 Å². The van der Waals surface area contributed by atoms with E-state index in [9.17, 15) is 9.59 Å². The minimum Gasteiger partial charge on any atom is -0.352 e. The van der Waals surface area contributed by atoms with Gasteiger partial charge in [0.2, 0.25) is 11.8 Å². The molecule has 1 atom stereocenters. The van der Waals surface area contributed by atoms with Gasteiger partial charge in [0.25, 0.3) is 0 Å². The molecule has 0 saturated heterocycles. The van der Waals surface area contributed by atoms with Crippen molar-refractivity contribution in [2.45, 2.75) is 36.5 Å². The molecule has 0 aliphatic carbocycles. The molecule has 20 heavy (non-hydrogen) atoms. The van der Waals surface area contributed by atoms with E-state index in [4.69, 9.17) is 0 Å². The monoisotopic (exact) mass is 292 g/mol. The summed E-state index contributed by atoms with van der Waals surface area (Å²) in [5, 5.41) is 2.69. The predicted molar refractivity (Wildman–Crippen MR) is 80.7 cm³/mol. The predicted octanol–water partition coefficient (Wildman–Crippen LogP) is 1.69. The molecule has 2 rings (SSSR count). The second-order valence-electron chi connectivity index (χ2n) is 5.33. The van der Waals surface area contributed by atoms with E-state index in [1.54, 1.807) is 18.8 Å². The Morgan fingerprint density at radius 2 is 2.10 bits per heavy atom. The second-order valence-corrected chi connectivity index (χ2v) is 6.58. The van der Waals surface area contributed by atoms with Crippen LogP contribution < -0.4 is 5.32 Å². The number of likely N-dealkylation sites (N-methyl/N-ethyl adjacent to an activating group) is 1. The number of amides is 2. The zero-order chi connectivity index (χ0) is 14.7. The maximum absolute atomic E-state index is 12.4. The molecule has 1 aliphatic rings. The quantitative estimate of drug-likeness (QED) is 0.918. The number of nitrogens with one attached hydrogen (secondary N) is 1. The Hall–Kier alpha value is -1.49. The van der Waals surface area contributed by atoms with Crippen molar-refractivity contribution in [2.24, 2.45) is 0 Å². The van der Waals surface area contributed by atoms with Crippen LogP contribution in [-0.2, 0) is 16.0 Å². The third-order valence-corrected chi connectivity index (χ3v) is 4.43. The summed E-state index contributed by atoms with van der Waals surface area (Å²) in [6.07, 6.45) is 0.746. The molecular weight excluding hydrogens is 272 g/mol. The molecule has 0 spiro atoms. The number of carbonyl (C=O) groups excluding carboxylic acids is 2. The summed E-state index contributed by atoms with van der Waals surface area (Å²) >= 11 is 1.59. The first-order chi connectivity index (χ1) is 9.47. The maximum Gasteiger partial charge on any atom is 0.239 e. The van der Waals surface area contributed by atoms with Crippen molar-refractivity contribution in [3.63, 3.8) is 0 Å². The molecule has 0 bridgehead atoms. The van der Waals surface area contributed by atoms with Crippen LogP contribution >= 0.6 is 11.8 Å². The van der Waals surface area contributed by atoms with E-state index in [1.165, 1.54) is 15.4 Å². The van der Waals surface area contributed by atoms with Gasteiger partial charge in [0.1, 0.15) is 0 Å². The van der Waals surface area contributed by atoms with E-state index in [0.717, 1.165) is 6.42 Å². The molecule has 0 saturated carbocycles. The van der Waals surface area contributed by atoms with Gasteiger partial charge in [0.05, 0.1) is 11.8 Å². The average molecular weight is 292 g/mol. The maximum atomic E-state index is 12.4. The summed E-state index contributed by atoms with van der Waals surface area (Å²) in [5.74, 6) is -0.0959. The van der Waals surface area contributed by atoms with Crippen molar-refractivity contribution in [3.8, 4) is 0 Å². The third kappa shape index (κ3) is 3.54. The zero-order valence-corrected chi connectivity index (χ0v) is 12.9. The van der Waals surface area contributed by atoms with Crippen LogP contribution in [0.15, 0.2) is 29.2 Å². The lowest BCUT2D eigenvalue weighted by Crippen LogP contribution is -2.43. The number of fused-ring (bicyclic) bond motifs is 1. The molecule has 2 amide bonds. The van der Waals surface area contributed by atoms with Gasteiger partial charge in [-0.05, 0) is 31.9 Å². The van der Waals surface area contributed by atoms with Crippen molar-refractivity contribution in [1.82, 2.24) is 10.2 Å². The van der Waals surface area contributed by atoms with Gasteiger partial charge in [-0.1, -0.05) is 18.2 Å². The number of hydrogen-bond acceptors (Lipinski definition) is 3. The van der Waals surface area contributed by atoms with Gasteiger partial charge in [-0.15, -0.1) is 11.8 Å². The van der Waals surface area contributed by atoms with Gasteiger partial charge in [-0.25, -0.2) is 0 Å². The molecule has 108 valence electrons. The minimum absolute atomic E-state index is 0.0186. The first-order valence-electron chi connectivity index (χ1n) is 6.76. The molecule has 1 N–H and O–H groups in total. The SMILES string of the molecule is CC(C)NC(=O)CN(C)C(=O)[C@H]1Cc2ccccc2S1. The Morgan fingerprint density at radius 3 is 2.75 bits per heavy atom. The highest BCUT2D eigenvalue weighted by Crippen LogP contribution is 2.37. The van der Waals surface area contributed by atoms with Crippen LogP contribution in [0.5, 0.6) is 0 Å². The molecule has 1 aromatic rings. The second kappa shape index (κ2) is 6.31. The van der Waals surface area contributed by atoms with Gasteiger partial charge in [0.15, 0.2) is 0 Å². The summed E-state index contributed by atoms with van der Waals surface area (Å²) in [7, 11) is 1.69. The molecular formula is C15H20N2O2S. The summed E-state index contributed by atoms with van der Waals surface area (Å²) in [4.78, 5) is 26.7. The zero-order valence-electron chi connectivity index (χ0n) is 12.1. The fraction of sp³-hybridized carbons (Fsp3) is 0.467. The van der Waals surface area contributed by atoms with E-state index in [1.807, 2.05) is 32.0 Å². The first kappa shape index (κ1) is 14.9. The summed E-state index contributed by atoms with van der Waals surface area (Å²) in [5.41, 5.74) is 1.22. The number of thioether (sulfide) groups is 1. The van der Waals surface area contributed by atoms with E-state index in [2.05, 4.69) is 11.4 Å². The number of benzene rings is 1. The summed E-state index contributed by atoms with van der Waals surface area (Å²) in [6.45, 7) is 3.93. The molecule has 0 fully saturated rings. The van der Waals surface area contributed by atoms with E-state index < -0.39 is 0 Å². The summed E-state index contributed by atoms with van der Waals surface area (Å²) < 4.78 is 0. The number of nitrogens with zero attached hydrogens (tertiary/aromatic N) is 1. The highest BCUT2D eigenvalue weighted by atomic mass is 32.2. The smallest absolute Gasteiger partial charge is 0.239 e. The van der Waals surface area contributed by atoms with Crippen LogP contribution in [0.25, 0.3) is 0 Å². The molecule has 1 heterocycles. The largest absolute Gasteiger partial charge is 0.352 e. The van der Waals surface area contributed by atoms with Crippen LogP contribution in [0.1, 0.15) is 19.4 Å². The lowest BCUT2D eigenvalue weighted by molar-refractivity contribution is -0.134. The Bertz CT molecular complexity index is 491. The highest BCUT2D eigenvalue weighted by molar-refractivity contribution is 8.01. The number of hydrogen-bond donors (Lipinski definition) is 1. The van der Waals surface area contributed by atoms with Crippen LogP contribution in [0, 0.1) is 0 Å². The Balaban J connectivity index is 1.91. The van der Waals surface area contributed by atoms with Gasteiger partial charge >= 0.3 is 0 Å². The Labute approximate surface area is 123 Å². The molecule has 4 nitrogen and oxygen atoms in total. The van der Waals surface area contributed by atoms with E-state index >= 15 is 0 Å². The van der Waals surface area contributed by atoms with Crippen molar-refractivity contribution >= 4 is 23.6 Å². The molecule has 0 aromatic heterocycles. The standard InChI is InChI=1S/C15H20N2O2S/c1-10(2)16-14(18)9-17(3)15(19)13-8-11-6-4-5-7-12(11)20-13/h4-7,10,13H,8-9H2,1-3H3,(H,16,18)/t13-/m1/s1. The fourth-order valence-electron chi connectivity index (χ4n) is 2.23. The number of carbonyl (C=O) groups is 2. The van der Waals surface area contributed by atoms with Gasteiger partial charge in [-0.2, -0.15) is 0 Å². The van der Waals surface area contributed by atoms with E-state index in [0.29, 0.717) is 0 Å². The summed E-state index contributed by atoms with van der Waals surface area (Å²) in [6, 6.07) is 8.17. The van der Waals surface area contributed by atoms with Crippen molar-refractivity contribution in [3.05, 3.63) is 29.8 Å². The number of rotatable bonds is 4. The molecule has 5 heteroatoms. The lowest BCUT2D eigenvalue weighted by atomic mass is 10.1. The van der Waals surface area contributed by atoms with Crippen molar-refractivity contribution in [2.75, 3.05) is 13.6 Å². The van der Waals surface area contributed by atoms with E-state index in [-0.39, 0.29) is 29.7 Å². The highest BCUT2D eigenvalue weighted by Gasteiger charge is 2.30. The fourth-order valence-corrected chi connectivity index (χ4v) is 3.54. The lowest BCUT2D eigenvalue weighted by Gasteiger charge is -2.20. The normalized spacial score (nSPS) is 16.9. The molecule has 1 aliphatic heterocycles. The third-order valence-electron chi connectivity index (χ3n) is 3.13. The molecule has 0 unspecified atom stereocenters. The topological polar surface area (TPSA) is 49.4 Å². The average Bonchev–Trinajstić information content (AvgIpc) is 2.80. The van der Waals surface area contributed by atoms with Crippen molar-refractivity contribution in [1.29, 1.82) is 0 Å². The Morgan fingerprint density at radius 1 is 1.40 bits per heavy atom. The van der Waals surface area contributed by atoms with Crippen LogP contribution in [0.2, 0.25) is 0 Å². The molecule has 1 aromatic carbocycles. The van der Waals surface area contributed by atoms with Gasteiger partial charge in [-0.3, -0.25) is 9.59 Å². The van der Waals surface area contributed by atoms with Gasteiger partial charge < -0.3 is 10.2 Å². The molecule has 0 radical (unpaired) electrons. The van der Waals surface area contributed by atoms with Crippen LogP contribution in [0.3, 0.4) is 0 Å². The minimum atomic E-state index is -0.114. The first-order valence-corrected chi connectivity index (χ1v) is 7.64.